The molecule has 0 spiro atoms. The lowest BCUT2D eigenvalue weighted by Gasteiger charge is -2.24. The summed E-state index contributed by atoms with van der Waals surface area (Å²) in [5, 5.41) is 19.9. The van der Waals surface area contributed by atoms with E-state index in [2.05, 4.69) is 24.3 Å². The highest BCUT2D eigenvalue weighted by atomic mass is 16.6. The van der Waals surface area contributed by atoms with E-state index in [9.17, 15) is 15.0 Å². The van der Waals surface area contributed by atoms with Crippen LogP contribution in [0.2, 0.25) is 0 Å². The highest BCUT2D eigenvalue weighted by molar-refractivity contribution is 5.79. The topological polar surface area (TPSA) is 88.5 Å². The fourth-order valence-electron chi connectivity index (χ4n) is 5.10. The van der Waals surface area contributed by atoms with Crippen LogP contribution in [0.5, 0.6) is 23.0 Å². The van der Waals surface area contributed by atoms with Crippen molar-refractivity contribution in [3.63, 3.8) is 0 Å². The molecule has 4 aromatic carbocycles. The fraction of sp³-hybridized carbons (Fsp3) is 0.219. The van der Waals surface area contributed by atoms with Gasteiger partial charge in [-0.2, -0.15) is 0 Å². The van der Waals surface area contributed by atoms with Gasteiger partial charge in [-0.1, -0.05) is 60.7 Å². The minimum atomic E-state index is -0.436. The first-order valence-electron chi connectivity index (χ1n) is 12.8. The molecule has 0 aliphatic heterocycles. The maximum atomic E-state index is 13.5. The zero-order valence-electron chi connectivity index (χ0n) is 22.0. The molecule has 0 saturated carbocycles. The third-order valence-electron chi connectivity index (χ3n) is 7.13. The van der Waals surface area contributed by atoms with Crippen molar-refractivity contribution in [1.82, 2.24) is 4.90 Å². The van der Waals surface area contributed by atoms with Gasteiger partial charge in [0.15, 0.2) is 23.0 Å². The summed E-state index contributed by atoms with van der Waals surface area (Å²) in [7, 11) is 2.99. The van der Waals surface area contributed by atoms with Gasteiger partial charge in [0.1, 0.15) is 6.61 Å². The van der Waals surface area contributed by atoms with Crippen LogP contribution in [-0.4, -0.2) is 48.6 Å². The lowest BCUT2D eigenvalue weighted by atomic mass is 9.98. The van der Waals surface area contributed by atoms with Crippen molar-refractivity contribution in [2.24, 2.45) is 0 Å². The highest BCUT2D eigenvalue weighted by Gasteiger charge is 2.29. The first-order valence-corrected chi connectivity index (χ1v) is 12.8. The smallest absolute Gasteiger partial charge is 0.410 e. The van der Waals surface area contributed by atoms with Gasteiger partial charge in [-0.3, -0.25) is 0 Å². The number of ether oxygens (including phenoxy) is 3. The maximum Gasteiger partial charge on any atom is 0.410 e. The Hall–Kier alpha value is -4.65. The van der Waals surface area contributed by atoms with Crippen LogP contribution in [0.3, 0.4) is 0 Å². The van der Waals surface area contributed by atoms with E-state index in [1.165, 1.54) is 25.3 Å². The summed E-state index contributed by atoms with van der Waals surface area (Å²) in [5.74, 6) is 0.765. The molecule has 0 unspecified atom stereocenters. The van der Waals surface area contributed by atoms with Crippen LogP contribution in [0, 0.1) is 0 Å². The quantitative estimate of drug-likeness (QED) is 0.274. The molecule has 7 heteroatoms. The van der Waals surface area contributed by atoms with Crippen LogP contribution in [0.25, 0.3) is 11.1 Å². The van der Waals surface area contributed by atoms with Crippen molar-refractivity contribution in [2.75, 3.05) is 27.4 Å². The van der Waals surface area contributed by atoms with Crippen LogP contribution in [0.1, 0.15) is 28.2 Å². The van der Waals surface area contributed by atoms with E-state index in [-0.39, 0.29) is 30.6 Å². The molecule has 2 N–H and O–H groups in total. The first kappa shape index (κ1) is 26.0. The van der Waals surface area contributed by atoms with Gasteiger partial charge in [0.25, 0.3) is 0 Å². The molecular formula is C32H31NO6. The third kappa shape index (κ3) is 5.48. The molecular weight excluding hydrogens is 494 g/mol. The molecule has 0 saturated heterocycles. The molecule has 0 atom stereocenters. The van der Waals surface area contributed by atoms with Gasteiger partial charge in [0.05, 0.1) is 14.2 Å². The number of fused-ring (bicyclic) bond motifs is 3. The maximum absolute atomic E-state index is 13.5. The summed E-state index contributed by atoms with van der Waals surface area (Å²) in [5.41, 5.74) is 6.34. The van der Waals surface area contributed by atoms with Crippen LogP contribution in [0.4, 0.5) is 4.79 Å². The molecule has 0 heterocycles. The second-order valence-electron chi connectivity index (χ2n) is 9.49. The van der Waals surface area contributed by atoms with Crippen LogP contribution in [0.15, 0.2) is 84.9 Å². The number of nitrogens with zero attached hydrogens (tertiary/aromatic N) is 1. The minimum absolute atomic E-state index is 0.0325. The highest BCUT2D eigenvalue weighted by Crippen LogP contribution is 2.44. The van der Waals surface area contributed by atoms with Crippen molar-refractivity contribution >= 4 is 6.09 Å². The number of carbonyl (C=O) groups excluding carboxylic acids is 1. The van der Waals surface area contributed by atoms with E-state index in [1.54, 1.807) is 41.3 Å². The Bertz CT molecular complexity index is 1440. The molecule has 1 amide bonds. The first-order chi connectivity index (χ1) is 19.0. The number of hydrogen-bond donors (Lipinski definition) is 2. The summed E-state index contributed by atoms with van der Waals surface area (Å²) < 4.78 is 16.4. The molecule has 1 aliphatic rings. The second kappa shape index (κ2) is 11.4. The Labute approximate surface area is 227 Å². The summed E-state index contributed by atoms with van der Waals surface area (Å²) in [6.07, 6.45) is 0.0884. The average Bonchev–Trinajstić information content (AvgIpc) is 3.29. The van der Waals surface area contributed by atoms with Crippen molar-refractivity contribution in [3.05, 3.63) is 107 Å². The Balaban J connectivity index is 1.35. The van der Waals surface area contributed by atoms with Crippen molar-refractivity contribution in [1.29, 1.82) is 0 Å². The van der Waals surface area contributed by atoms with Gasteiger partial charge < -0.3 is 29.3 Å². The monoisotopic (exact) mass is 525 g/mol. The lowest BCUT2D eigenvalue weighted by Crippen LogP contribution is -2.34. The molecule has 0 aromatic heterocycles. The SMILES string of the molecule is COc1cc(CCN(Cc2ccc(O)c(OC)c2)C(=O)OCC2c3ccccc3-c3ccccc32)ccc1O. The zero-order valence-corrected chi connectivity index (χ0v) is 22.0. The number of methoxy groups -OCH3 is 2. The van der Waals surface area contributed by atoms with Gasteiger partial charge in [-0.25, -0.2) is 4.79 Å². The Morgan fingerprint density at radius 2 is 1.31 bits per heavy atom. The molecule has 0 radical (unpaired) electrons. The van der Waals surface area contributed by atoms with Crippen LogP contribution >= 0.6 is 0 Å². The largest absolute Gasteiger partial charge is 0.504 e. The van der Waals surface area contributed by atoms with E-state index in [4.69, 9.17) is 14.2 Å². The normalized spacial score (nSPS) is 11.9. The van der Waals surface area contributed by atoms with Crippen LogP contribution < -0.4 is 9.47 Å². The molecule has 1 aliphatic carbocycles. The number of aromatic hydroxyl groups is 2. The molecule has 4 aromatic rings. The Kier molecular flexibility index (Phi) is 7.59. The summed E-state index contributed by atoms with van der Waals surface area (Å²) in [6, 6.07) is 26.6. The van der Waals surface area contributed by atoms with E-state index in [1.807, 2.05) is 24.3 Å². The Morgan fingerprint density at radius 1 is 0.769 bits per heavy atom. The average molecular weight is 526 g/mol. The number of rotatable bonds is 9. The Morgan fingerprint density at radius 3 is 1.90 bits per heavy atom. The van der Waals surface area contributed by atoms with Gasteiger partial charge in [-0.05, 0) is 64.1 Å². The summed E-state index contributed by atoms with van der Waals surface area (Å²) in [4.78, 5) is 15.1. The number of amides is 1. The third-order valence-corrected chi connectivity index (χ3v) is 7.13. The molecule has 7 nitrogen and oxygen atoms in total. The number of benzene rings is 4. The van der Waals surface area contributed by atoms with E-state index >= 15 is 0 Å². The van der Waals surface area contributed by atoms with Gasteiger partial charge >= 0.3 is 6.09 Å². The minimum Gasteiger partial charge on any atom is -0.504 e. The lowest BCUT2D eigenvalue weighted by molar-refractivity contribution is 0.0975. The van der Waals surface area contributed by atoms with Crippen molar-refractivity contribution in [2.45, 2.75) is 18.9 Å². The summed E-state index contributed by atoms with van der Waals surface area (Å²) in [6.45, 7) is 0.853. The number of carbonyl (C=O) groups is 1. The molecule has 5 rings (SSSR count). The van der Waals surface area contributed by atoms with Crippen molar-refractivity contribution in [3.8, 4) is 34.1 Å². The summed E-state index contributed by atoms with van der Waals surface area (Å²) >= 11 is 0. The number of hydrogen-bond acceptors (Lipinski definition) is 6. The van der Waals surface area contributed by atoms with E-state index in [0.29, 0.717) is 24.5 Å². The van der Waals surface area contributed by atoms with Gasteiger partial charge in [0, 0.05) is 19.0 Å². The zero-order chi connectivity index (χ0) is 27.4. The predicted octanol–water partition coefficient (Wildman–Crippen LogP) is 6.11. The number of phenolic OH excluding ortho intramolecular Hbond substituents is 2. The fourth-order valence-corrected chi connectivity index (χ4v) is 5.10. The standard InChI is InChI=1S/C32H31NO6/c1-37-30-17-21(11-13-28(30)34)15-16-33(19-22-12-14-29(35)31(18-22)38-2)32(36)39-20-27-25-9-5-3-7-23(25)24-8-4-6-10-26(24)27/h3-14,17-18,27,34-35H,15-16,19-20H2,1-2H3. The number of phenols is 2. The van der Waals surface area contributed by atoms with Gasteiger partial charge in [0.2, 0.25) is 0 Å². The molecule has 39 heavy (non-hydrogen) atoms. The molecule has 200 valence electrons. The van der Waals surface area contributed by atoms with Crippen LogP contribution in [-0.2, 0) is 17.7 Å². The molecule has 0 bridgehead atoms. The molecule has 0 fully saturated rings. The van der Waals surface area contributed by atoms with Gasteiger partial charge in [-0.15, -0.1) is 0 Å². The van der Waals surface area contributed by atoms with E-state index < -0.39 is 6.09 Å². The van der Waals surface area contributed by atoms with E-state index in [0.717, 1.165) is 22.3 Å². The predicted molar refractivity (Wildman–Crippen MR) is 149 cm³/mol. The van der Waals surface area contributed by atoms with Crippen molar-refractivity contribution < 1.29 is 29.2 Å². The second-order valence-corrected chi connectivity index (χ2v) is 9.49.